The monoisotopic (exact) mass is 843 g/mol. The maximum absolute atomic E-state index is 12.8. The second kappa shape index (κ2) is 45.8. The molecule has 3 atom stereocenters. The lowest BCUT2D eigenvalue weighted by molar-refractivity contribution is -0.123. The number of hydrogen-bond donors (Lipinski definition) is 4. The van der Waals surface area contributed by atoms with Crippen LogP contribution in [-0.2, 0) is 18.4 Å². The average Bonchev–Trinajstić information content (AvgIpc) is 3.21. The summed E-state index contributed by atoms with van der Waals surface area (Å²) in [6, 6.07) is -0.855. The van der Waals surface area contributed by atoms with E-state index in [1.165, 1.54) is 205 Å². The van der Waals surface area contributed by atoms with Gasteiger partial charge in [-0.3, -0.25) is 13.8 Å². The van der Waals surface area contributed by atoms with Crippen molar-refractivity contribution in [2.75, 3.05) is 19.8 Å². The Bertz CT molecular complexity index is 922. The van der Waals surface area contributed by atoms with Gasteiger partial charge in [-0.05, 0) is 19.3 Å². The first-order chi connectivity index (χ1) is 28.4. The summed E-state index contributed by atoms with van der Waals surface area (Å²) in [6.07, 6.45) is 52.7. The number of amides is 1. The van der Waals surface area contributed by atoms with Crippen LogP contribution in [0.5, 0.6) is 0 Å². The van der Waals surface area contributed by atoms with Gasteiger partial charge in [-0.25, -0.2) is 4.57 Å². The van der Waals surface area contributed by atoms with Crippen LogP contribution in [0.3, 0.4) is 0 Å². The average molecular weight is 843 g/mol. The lowest BCUT2D eigenvalue weighted by Gasteiger charge is -2.23. The van der Waals surface area contributed by atoms with Gasteiger partial charge in [0.15, 0.2) is 0 Å². The second-order valence-corrected chi connectivity index (χ2v) is 18.8. The SMILES string of the molecule is CCCCCCCCCCCCCCCCCC/C=C/C(O)C(COP(=O)(O)OCCN)NC(=O)CCCCCCCCCCCCCCCCCCCCCCC. The number of phosphoric acid groups is 1. The Balaban J connectivity index is 4.07. The highest BCUT2D eigenvalue weighted by Crippen LogP contribution is 2.43. The highest BCUT2D eigenvalue weighted by Gasteiger charge is 2.26. The molecule has 58 heavy (non-hydrogen) atoms. The molecule has 9 heteroatoms. The molecule has 0 fully saturated rings. The van der Waals surface area contributed by atoms with Crippen molar-refractivity contribution in [2.45, 2.75) is 276 Å². The van der Waals surface area contributed by atoms with Gasteiger partial charge in [0.2, 0.25) is 5.91 Å². The summed E-state index contributed by atoms with van der Waals surface area (Å²) in [7, 11) is -4.34. The number of carbonyl (C=O) groups is 1. The molecular weight excluding hydrogens is 744 g/mol. The Labute approximate surface area is 360 Å². The van der Waals surface area contributed by atoms with Crippen LogP contribution < -0.4 is 11.1 Å². The summed E-state index contributed by atoms with van der Waals surface area (Å²) in [4.78, 5) is 22.8. The van der Waals surface area contributed by atoms with E-state index in [4.69, 9.17) is 14.8 Å². The number of nitrogens with two attached hydrogens (primary N) is 1. The molecule has 1 amide bonds. The molecule has 8 nitrogen and oxygen atoms in total. The Kier molecular flexibility index (Phi) is 45.2. The van der Waals surface area contributed by atoms with E-state index in [0.717, 1.165) is 38.5 Å². The first-order valence-electron chi connectivity index (χ1n) is 25.3. The van der Waals surface area contributed by atoms with E-state index in [1.807, 2.05) is 6.08 Å². The summed E-state index contributed by atoms with van der Waals surface area (Å²) < 4.78 is 22.2. The fourth-order valence-electron chi connectivity index (χ4n) is 7.78. The minimum Gasteiger partial charge on any atom is -0.387 e. The van der Waals surface area contributed by atoms with Crippen molar-refractivity contribution in [3.8, 4) is 0 Å². The van der Waals surface area contributed by atoms with E-state index >= 15 is 0 Å². The molecule has 0 aromatic rings. The summed E-state index contributed by atoms with van der Waals surface area (Å²) in [5.74, 6) is -0.188. The molecule has 346 valence electrons. The first-order valence-corrected chi connectivity index (χ1v) is 26.8. The van der Waals surface area contributed by atoms with Crippen LogP contribution in [0.15, 0.2) is 12.2 Å². The molecule has 5 N–H and O–H groups in total. The number of nitrogens with one attached hydrogen (secondary N) is 1. The van der Waals surface area contributed by atoms with Gasteiger partial charge >= 0.3 is 7.82 Å². The fraction of sp³-hybridized carbons (Fsp3) is 0.939. The smallest absolute Gasteiger partial charge is 0.387 e. The standard InChI is InChI=1S/C49H99N2O6P/c1-3-5-7-9-11-13-15-17-19-21-23-24-25-27-29-31-33-35-37-39-41-43-49(53)51-47(46-57-58(54,55)56-45-44-50)48(52)42-40-38-36-34-32-30-28-26-22-20-18-16-14-12-10-8-6-4-2/h40,42,47-48,52H,3-39,41,43-46,50H2,1-2H3,(H,51,53)(H,54,55)/b42-40+. The predicted molar refractivity (Wildman–Crippen MR) is 249 cm³/mol. The number of rotatable bonds is 48. The van der Waals surface area contributed by atoms with Gasteiger partial charge in [-0.1, -0.05) is 251 Å². The fourth-order valence-corrected chi connectivity index (χ4v) is 8.54. The Morgan fingerprint density at radius 2 is 0.879 bits per heavy atom. The molecule has 0 heterocycles. The summed E-state index contributed by atoms with van der Waals surface area (Å²) in [5.41, 5.74) is 5.39. The van der Waals surface area contributed by atoms with Crippen molar-refractivity contribution >= 4 is 13.7 Å². The summed E-state index contributed by atoms with van der Waals surface area (Å²) in [5, 5.41) is 13.7. The largest absolute Gasteiger partial charge is 0.472 e. The van der Waals surface area contributed by atoms with Crippen LogP contribution in [0.2, 0.25) is 0 Å². The van der Waals surface area contributed by atoms with Gasteiger partial charge in [0.25, 0.3) is 0 Å². The predicted octanol–water partition coefficient (Wildman–Crippen LogP) is 14.7. The highest BCUT2D eigenvalue weighted by molar-refractivity contribution is 7.47. The Morgan fingerprint density at radius 3 is 1.22 bits per heavy atom. The second-order valence-electron chi connectivity index (χ2n) is 17.4. The Hall–Kier alpha value is -0.760. The van der Waals surface area contributed by atoms with Crippen LogP contribution >= 0.6 is 7.82 Å². The third kappa shape index (κ3) is 43.3. The molecule has 0 aromatic carbocycles. The van der Waals surface area contributed by atoms with Crippen LogP contribution in [0.1, 0.15) is 264 Å². The van der Waals surface area contributed by atoms with E-state index < -0.39 is 20.0 Å². The molecule has 0 aromatic heterocycles. The van der Waals surface area contributed by atoms with Crippen molar-refractivity contribution in [1.82, 2.24) is 5.32 Å². The van der Waals surface area contributed by atoms with Crippen molar-refractivity contribution < 1.29 is 28.4 Å². The molecule has 0 aliphatic rings. The number of allylic oxidation sites excluding steroid dienone is 1. The van der Waals surface area contributed by atoms with Crippen molar-refractivity contribution in [3.05, 3.63) is 12.2 Å². The molecule has 0 spiro atoms. The van der Waals surface area contributed by atoms with Gasteiger partial charge in [0.05, 0.1) is 25.4 Å². The number of carbonyl (C=O) groups excluding carboxylic acids is 1. The van der Waals surface area contributed by atoms with Gasteiger partial charge in [-0.2, -0.15) is 0 Å². The van der Waals surface area contributed by atoms with Gasteiger partial charge in [-0.15, -0.1) is 0 Å². The molecular formula is C49H99N2O6P. The number of aliphatic hydroxyl groups is 1. The highest BCUT2D eigenvalue weighted by atomic mass is 31.2. The maximum Gasteiger partial charge on any atom is 0.472 e. The third-order valence-electron chi connectivity index (χ3n) is 11.6. The molecule has 0 radical (unpaired) electrons. The zero-order valence-corrected chi connectivity index (χ0v) is 39.5. The van der Waals surface area contributed by atoms with E-state index in [0.29, 0.717) is 6.42 Å². The number of aliphatic hydroxyl groups excluding tert-OH is 1. The number of unbranched alkanes of at least 4 members (excludes halogenated alkanes) is 36. The van der Waals surface area contributed by atoms with Crippen LogP contribution in [-0.4, -0.2) is 47.8 Å². The minimum atomic E-state index is -4.34. The van der Waals surface area contributed by atoms with Gasteiger partial charge in [0.1, 0.15) is 0 Å². The zero-order valence-electron chi connectivity index (χ0n) is 38.6. The minimum absolute atomic E-state index is 0.0816. The van der Waals surface area contributed by atoms with Crippen molar-refractivity contribution in [2.24, 2.45) is 5.73 Å². The quantitative estimate of drug-likeness (QED) is 0.0272. The number of hydrogen-bond acceptors (Lipinski definition) is 6. The van der Waals surface area contributed by atoms with Crippen molar-refractivity contribution in [3.63, 3.8) is 0 Å². The van der Waals surface area contributed by atoms with E-state index in [9.17, 15) is 19.4 Å². The molecule has 0 aliphatic carbocycles. The third-order valence-corrected chi connectivity index (χ3v) is 12.6. The Morgan fingerprint density at radius 1 is 0.552 bits per heavy atom. The first kappa shape index (κ1) is 57.2. The lowest BCUT2D eigenvalue weighted by atomic mass is 10.0. The number of phosphoric ester groups is 1. The van der Waals surface area contributed by atoms with Crippen LogP contribution in [0.4, 0.5) is 0 Å². The molecule has 0 aliphatic heterocycles. The van der Waals surface area contributed by atoms with Crippen LogP contribution in [0.25, 0.3) is 0 Å². The van der Waals surface area contributed by atoms with Crippen molar-refractivity contribution in [1.29, 1.82) is 0 Å². The summed E-state index contributed by atoms with van der Waals surface area (Å²) >= 11 is 0. The van der Waals surface area contributed by atoms with Gasteiger partial charge < -0.3 is 21.1 Å². The van der Waals surface area contributed by atoms with E-state index in [2.05, 4.69) is 19.2 Å². The zero-order chi connectivity index (χ0) is 42.5. The molecule has 0 bridgehead atoms. The maximum atomic E-state index is 12.8. The molecule has 3 unspecified atom stereocenters. The van der Waals surface area contributed by atoms with Crippen LogP contribution in [0, 0.1) is 0 Å². The topological polar surface area (TPSA) is 131 Å². The van der Waals surface area contributed by atoms with E-state index in [-0.39, 0.29) is 25.7 Å². The van der Waals surface area contributed by atoms with Gasteiger partial charge in [0, 0.05) is 13.0 Å². The van der Waals surface area contributed by atoms with E-state index in [1.54, 1.807) is 6.08 Å². The molecule has 0 saturated carbocycles. The normalized spacial score (nSPS) is 13.9. The molecule has 0 saturated heterocycles. The summed E-state index contributed by atoms with van der Waals surface area (Å²) in [6.45, 7) is 4.18. The lowest BCUT2D eigenvalue weighted by Crippen LogP contribution is -2.45. The molecule has 0 rings (SSSR count).